The van der Waals surface area contributed by atoms with Gasteiger partial charge in [0, 0.05) is 4.92 Å². The second-order valence-corrected chi connectivity index (χ2v) is 2.84. The van der Waals surface area contributed by atoms with Crippen LogP contribution < -0.4 is 0 Å². The molecule has 0 unspecified atom stereocenters. The molecule has 0 bridgehead atoms. The molecule has 1 rings (SSSR count). The first-order valence-electron chi connectivity index (χ1n) is 2.88. The maximum Gasteiger partial charge on any atom is 0.266 e. The molecule has 0 aromatic carbocycles. The summed E-state index contributed by atoms with van der Waals surface area (Å²) in [5, 5.41) is 11.6. The van der Waals surface area contributed by atoms with Crippen molar-refractivity contribution >= 4 is 17.1 Å². The van der Waals surface area contributed by atoms with Crippen molar-refractivity contribution in [1.82, 2.24) is 0 Å². The number of hydrogen-bond acceptors (Lipinski definition) is 4. The molecule has 58 valence electrons. The highest BCUT2D eigenvalue weighted by Crippen LogP contribution is 2.08. The molecular weight excluding hydrogens is 166 g/mol. The van der Waals surface area contributed by atoms with Crippen LogP contribution in [0.2, 0.25) is 0 Å². The van der Waals surface area contributed by atoms with Crippen molar-refractivity contribution in [2.45, 2.75) is 0 Å². The van der Waals surface area contributed by atoms with E-state index in [1.165, 1.54) is 11.3 Å². The van der Waals surface area contributed by atoms with E-state index in [4.69, 9.17) is 0 Å². The minimum Gasteiger partial charge on any atom is -0.286 e. The van der Waals surface area contributed by atoms with Gasteiger partial charge in [-0.3, -0.25) is 14.9 Å². The van der Waals surface area contributed by atoms with Crippen LogP contribution in [0.1, 0.15) is 9.67 Å². The van der Waals surface area contributed by atoms with Crippen LogP contribution in [0.5, 0.6) is 0 Å². The number of rotatable bonds is 3. The summed E-state index contributed by atoms with van der Waals surface area (Å²) in [6.45, 7) is -0.611. The zero-order valence-electron chi connectivity index (χ0n) is 5.52. The van der Waals surface area contributed by atoms with Gasteiger partial charge in [-0.05, 0) is 11.4 Å². The molecule has 0 aliphatic rings. The number of ketones is 1. The van der Waals surface area contributed by atoms with Gasteiger partial charge in [-0.25, -0.2) is 0 Å². The molecule has 11 heavy (non-hydrogen) atoms. The van der Waals surface area contributed by atoms with Crippen LogP contribution in [-0.4, -0.2) is 17.3 Å². The van der Waals surface area contributed by atoms with Gasteiger partial charge in [0.25, 0.3) is 6.54 Å². The summed E-state index contributed by atoms with van der Waals surface area (Å²) in [7, 11) is 0. The average Bonchev–Trinajstić information content (AvgIpc) is 2.35. The Morgan fingerprint density at radius 3 is 2.91 bits per heavy atom. The number of hydrogen-bond donors (Lipinski definition) is 0. The Morgan fingerprint density at radius 2 is 2.45 bits per heavy atom. The molecular formula is C6H5NO3S. The lowest BCUT2D eigenvalue weighted by Crippen LogP contribution is -2.12. The topological polar surface area (TPSA) is 60.2 Å². The Bertz CT molecular complexity index is 267. The maximum absolute atomic E-state index is 10.9. The molecule has 0 aliphatic heterocycles. The maximum atomic E-state index is 10.9. The first kappa shape index (κ1) is 7.87. The normalized spacial score (nSPS) is 9.45. The van der Waals surface area contributed by atoms with Crippen molar-refractivity contribution in [3.63, 3.8) is 0 Å². The lowest BCUT2D eigenvalue weighted by atomic mass is 10.3. The number of carbonyl (C=O) groups excluding carboxylic acids is 1. The van der Waals surface area contributed by atoms with E-state index in [2.05, 4.69) is 0 Å². The van der Waals surface area contributed by atoms with Crippen molar-refractivity contribution in [3.8, 4) is 0 Å². The zero-order valence-corrected chi connectivity index (χ0v) is 6.34. The van der Waals surface area contributed by atoms with Gasteiger partial charge >= 0.3 is 0 Å². The number of carbonyl (C=O) groups is 1. The molecule has 0 atom stereocenters. The Morgan fingerprint density at radius 1 is 1.73 bits per heavy atom. The fourth-order valence-electron chi connectivity index (χ4n) is 0.632. The zero-order chi connectivity index (χ0) is 8.27. The lowest BCUT2D eigenvalue weighted by Gasteiger charge is -1.88. The van der Waals surface area contributed by atoms with E-state index in [1.807, 2.05) is 0 Å². The number of thiophene rings is 1. The quantitative estimate of drug-likeness (QED) is 0.390. The summed E-state index contributed by atoms with van der Waals surface area (Å²) in [5.41, 5.74) is 0. The van der Waals surface area contributed by atoms with Crippen molar-refractivity contribution in [2.75, 3.05) is 6.54 Å². The van der Waals surface area contributed by atoms with Crippen LogP contribution in [0, 0.1) is 10.1 Å². The van der Waals surface area contributed by atoms with Gasteiger partial charge in [0.15, 0.2) is 0 Å². The van der Waals surface area contributed by atoms with E-state index >= 15 is 0 Å². The summed E-state index contributed by atoms with van der Waals surface area (Å²) in [6.07, 6.45) is 0. The fourth-order valence-corrected chi connectivity index (χ4v) is 1.29. The Hall–Kier alpha value is -1.23. The molecule has 5 heteroatoms. The molecule has 0 aliphatic carbocycles. The van der Waals surface area contributed by atoms with Gasteiger partial charge < -0.3 is 0 Å². The van der Waals surface area contributed by atoms with Gasteiger partial charge in [-0.2, -0.15) is 0 Å². The SMILES string of the molecule is O=C(C[N+](=O)[O-])c1cccs1. The third-order valence-corrected chi connectivity index (χ3v) is 1.98. The minimum absolute atomic E-state index is 0.426. The summed E-state index contributed by atoms with van der Waals surface area (Å²) < 4.78 is 0. The molecule has 0 radical (unpaired) electrons. The standard InChI is InChI=1S/C6H5NO3S/c8-5(4-7(9)10)6-2-1-3-11-6/h1-3H,4H2. The summed E-state index contributed by atoms with van der Waals surface area (Å²) >= 11 is 1.22. The molecule has 0 N–H and O–H groups in total. The second-order valence-electron chi connectivity index (χ2n) is 1.89. The highest BCUT2D eigenvalue weighted by atomic mass is 32.1. The Balaban J connectivity index is 2.64. The molecule has 1 aromatic rings. The first-order chi connectivity index (χ1) is 5.20. The van der Waals surface area contributed by atoms with Crippen molar-refractivity contribution in [3.05, 3.63) is 32.5 Å². The minimum atomic E-state index is -0.623. The largest absolute Gasteiger partial charge is 0.286 e. The van der Waals surface area contributed by atoms with Crippen molar-refractivity contribution in [2.24, 2.45) is 0 Å². The third-order valence-electron chi connectivity index (χ3n) is 1.07. The average molecular weight is 171 g/mol. The van der Waals surface area contributed by atoms with Gasteiger partial charge in [-0.15, -0.1) is 11.3 Å². The van der Waals surface area contributed by atoms with Gasteiger partial charge in [0.05, 0.1) is 4.88 Å². The Kier molecular flexibility index (Phi) is 2.32. The summed E-state index contributed by atoms with van der Waals surface area (Å²) in [5.74, 6) is -0.426. The van der Waals surface area contributed by atoms with Crippen LogP contribution in [-0.2, 0) is 0 Å². The van der Waals surface area contributed by atoms with Crippen LogP contribution in [0.4, 0.5) is 0 Å². The molecule has 4 nitrogen and oxygen atoms in total. The summed E-state index contributed by atoms with van der Waals surface area (Å²) in [6, 6.07) is 3.27. The molecule has 1 aromatic heterocycles. The van der Waals surface area contributed by atoms with Crippen LogP contribution >= 0.6 is 11.3 Å². The number of Topliss-reactive ketones (excluding diaryl/α,β-unsaturated/α-hetero) is 1. The summed E-state index contributed by atoms with van der Waals surface area (Å²) in [4.78, 5) is 20.6. The highest BCUT2D eigenvalue weighted by Gasteiger charge is 2.12. The van der Waals surface area contributed by atoms with E-state index in [0.717, 1.165) is 0 Å². The predicted molar refractivity (Wildman–Crippen MR) is 40.5 cm³/mol. The predicted octanol–water partition coefficient (Wildman–Crippen LogP) is 1.21. The van der Waals surface area contributed by atoms with E-state index in [1.54, 1.807) is 17.5 Å². The third kappa shape index (κ3) is 2.12. The van der Waals surface area contributed by atoms with E-state index in [9.17, 15) is 14.9 Å². The van der Waals surface area contributed by atoms with E-state index in [0.29, 0.717) is 4.88 Å². The van der Waals surface area contributed by atoms with E-state index < -0.39 is 17.3 Å². The molecule has 0 fully saturated rings. The monoisotopic (exact) mass is 171 g/mol. The highest BCUT2D eigenvalue weighted by molar-refractivity contribution is 7.12. The molecule has 1 heterocycles. The van der Waals surface area contributed by atoms with Crippen LogP contribution in [0.15, 0.2) is 17.5 Å². The fraction of sp³-hybridized carbons (Fsp3) is 0.167. The van der Waals surface area contributed by atoms with Gasteiger partial charge in [-0.1, -0.05) is 6.07 Å². The van der Waals surface area contributed by atoms with E-state index in [-0.39, 0.29) is 0 Å². The Labute approximate surface area is 66.6 Å². The smallest absolute Gasteiger partial charge is 0.266 e. The molecule has 0 saturated heterocycles. The van der Waals surface area contributed by atoms with Crippen molar-refractivity contribution < 1.29 is 9.72 Å². The molecule has 0 spiro atoms. The molecule has 0 saturated carbocycles. The number of nitro groups is 1. The first-order valence-corrected chi connectivity index (χ1v) is 3.76. The molecule has 0 amide bonds. The lowest BCUT2D eigenvalue weighted by molar-refractivity contribution is -0.465. The van der Waals surface area contributed by atoms with Crippen LogP contribution in [0.25, 0.3) is 0 Å². The van der Waals surface area contributed by atoms with Gasteiger partial charge in [0.2, 0.25) is 5.78 Å². The number of nitrogens with zero attached hydrogens (tertiary/aromatic N) is 1. The van der Waals surface area contributed by atoms with Crippen molar-refractivity contribution in [1.29, 1.82) is 0 Å². The van der Waals surface area contributed by atoms with Crippen LogP contribution in [0.3, 0.4) is 0 Å². The van der Waals surface area contributed by atoms with Gasteiger partial charge in [0.1, 0.15) is 0 Å². The second kappa shape index (κ2) is 3.25.